The van der Waals surface area contributed by atoms with Crippen LogP contribution in [-0.4, -0.2) is 85.3 Å². The van der Waals surface area contributed by atoms with Crippen LogP contribution in [-0.2, 0) is 0 Å². The maximum absolute atomic E-state index is 13.4. The van der Waals surface area contributed by atoms with Crippen molar-refractivity contribution in [2.45, 2.75) is 18.9 Å². The fourth-order valence-corrected chi connectivity index (χ4v) is 5.23. The molecule has 2 saturated heterocycles. The predicted octanol–water partition coefficient (Wildman–Crippen LogP) is 3.78. The highest BCUT2D eigenvalue weighted by Gasteiger charge is 2.28. The lowest BCUT2D eigenvalue weighted by molar-refractivity contribution is 0.0655. The molecule has 0 bridgehead atoms. The molecule has 5 rings (SSSR count). The molecule has 2 fully saturated rings. The van der Waals surface area contributed by atoms with Gasteiger partial charge in [0.15, 0.2) is 11.5 Å². The Morgan fingerprint density at radius 1 is 0.912 bits per heavy atom. The van der Waals surface area contributed by atoms with E-state index in [-0.39, 0.29) is 11.9 Å². The number of hydrogen-bond acceptors (Lipinski definition) is 6. The van der Waals surface area contributed by atoms with Crippen molar-refractivity contribution in [3.63, 3.8) is 0 Å². The van der Waals surface area contributed by atoms with Gasteiger partial charge in [0.05, 0.1) is 0 Å². The van der Waals surface area contributed by atoms with Crippen LogP contribution in [0.25, 0.3) is 10.8 Å². The van der Waals surface area contributed by atoms with Gasteiger partial charge in [-0.2, -0.15) is 0 Å². The SMILES string of the molecule is CN1CCC(N(C)C(=O)c2nnc(N3CCN(c4cccc(Cl)c4)CC3)c3ccccc23)CC1. The smallest absolute Gasteiger partial charge is 0.275 e. The molecule has 2 aromatic carbocycles. The van der Waals surface area contributed by atoms with Crippen LogP contribution < -0.4 is 9.80 Å². The molecule has 2 aliphatic heterocycles. The zero-order chi connectivity index (χ0) is 23.7. The molecule has 0 N–H and O–H groups in total. The van der Waals surface area contributed by atoms with Gasteiger partial charge in [0.1, 0.15) is 0 Å². The van der Waals surface area contributed by atoms with Crippen LogP contribution in [0.5, 0.6) is 0 Å². The van der Waals surface area contributed by atoms with E-state index in [1.54, 1.807) is 0 Å². The molecule has 0 radical (unpaired) electrons. The number of likely N-dealkylation sites (tertiary alicyclic amines) is 1. The molecule has 0 spiro atoms. The third-order valence-corrected chi connectivity index (χ3v) is 7.41. The number of fused-ring (bicyclic) bond motifs is 1. The van der Waals surface area contributed by atoms with Crippen molar-refractivity contribution in [3.8, 4) is 0 Å². The van der Waals surface area contributed by atoms with Gasteiger partial charge in [0.2, 0.25) is 0 Å². The molecule has 2 aliphatic rings. The summed E-state index contributed by atoms with van der Waals surface area (Å²) in [6.07, 6.45) is 1.97. The summed E-state index contributed by atoms with van der Waals surface area (Å²) < 4.78 is 0. The minimum atomic E-state index is -0.0458. The van der Waals surface area contributed by atoms with Gasteiger partial charge in [-0.25, -0.2) is 0 Å². The molecular weight excluding hydrogens is 448 g/mol. The molecule has 0 unspecified atom stereocenters. The number of aromatic nitrogens is 2. The maximum atomic E-state index is 13.4. The topological polar surface area (TPSA) is 55.8 Å². The van der Waals surface area contributed by atoms with Crippen molar-refractivity contribution in [2.24, 2.45) is 0 Å². The molecule has 7 nitrogen and oxygen atoms in total. The lowest BCUT2D eigenvalue weighted by Gasteiger charge is -2.37. The molecule has 34 heavy (non-hydrogen) atoms. The summed E-state index contributed by atoms with van der Waals surface area (Å²) in [7, 11) is 4.03. The lowest BCUT2D eigenvalue weighted by Crippen LogP contribution is -2.47. The van der Waals surface area contributed by atoms with Gasteiger partial charge < -0.3 is 19.6 Å². The Bertz CT molecular complexity index is 1170. The first-order valence-electron chi connectivity index (χ1n) is 12.0. The van der Waals surface area contributed by atoms with E-state index in [4.69, 9.17) is 11.6 Å². The van der Waals surface area contributed by atoms with Gasteiger partial charge in [-0.3, -0.25) is 4.79 Å². The fourth-order valence-electron chi connectivity index (χ4n) is 5.05. The van der Waals surface area contributed by atoms with Crippen LogP contribution in [0.4, 0.5) is 11.5 Å². The van der Waals surface area contributed by atoms with E-state index < -0.39 is 0 Å². The summed E-state index contributed by atoms with van der Waals surface area (Å²) in [5, 5.41) is 11.7. The molecule has 1 amide bonds. The number of carbonyl (C=O) groups excluding carboxylic acids is 1. The van der Waals surface area contributed by atoms with Crippen molar-refractivity contribution in [1.29, 1.82) is 0 Å². The number of rotatable bonds is 4. The summed E-state index contributed by atoms with van der Waals surface area (Å²) in [5.41, 5.74) is 1.58. The van der Waals surface area contributed by atoms with E-state index in [0.29, 0.717) is 5.69 Å². The number of nitrogens with zero attached hydrogens (tertiary/aromatic N) is 6. The highest BCUT2D eigenvalue weighted by atomic mass is 35.5. The fraction of sp³-hybridized carbons (Fsp3) is 0.423. The maximum Gasteiger partial charge on any atom is 0.275 e. The zero-order valence-corrected chi connectivity index (χ0v) is 20.6. The first kappa shape index (κ1) is 22.9. The predicted molar refractivity (Wildman–Crippen MR) is 138 cm³/mol. The normalized spacial score (nSPS) is 17.9. The van der Waals surface area contributed by atoms with Gasteiger partial charge in [-0.1, -0.05) is 41.9 Å². The Morgan fingerprint density at radius 3 is 2.29 bits per heavy atom. The summed E-state index contributed by atoms with van der Waals surface area (Å²) in [6.45, 7) is 5.41. The van der Waals surface area contributed by atoms with Crippen LogP contribution in [0.3, 0.4) is 0 Å². The second kappa shape index (κ2) is 9.76. The monoisotopic (exact) mass is 478 g/mol. The van der Waals surface area contributed by atoms with Gasteiger partial charge in [0, 0.05) is 60.8 Å². The number of piperidine rings is 1. The quantitative estimate of drug-likeness (QED) is 0.569. The number of carbonyl (C=O) groups is 1. The van der Waals surface area contributed by atoms with Crippen molar-refractivity contribution >= 4 is 39.8 Å². The summed E-state index contributed by atoms with van der Waals surface area (Å²) in [5.74, 6) is 0.801. The molecule has 0 atom stereocenters. The van der Waals surface area contributed by atoms with E-state index in [1.807, 2.05) is 48.3 Å². The highest BCUT2D eigenvalue weighted by molar-refractivity contribution is 6.30. The summed E-state index contributed by atoms with van der Waals surface area (Å²) in [4.78, 5) is 22.2. The molecule has 1 aromatic heterocycles. The minimum absolute atomic E-state index is 0.0458. The van der Waals surface area contributed by atoms with Gasteiger partial charge >= 0.3 is 0 Å². The Kier molecular flexibility index (Phi) is 6.57. The Morgan fingerprint density at radius 2 is 1.59 bits per heavy atom. The van der Waals surface area contributed by atoms with E-state index >= 15 is 0 Å². The van der Waals surface area contributed by atoms with Crippen LogP contribution in [0.2, 0.25) is 5.02 Å². The third kappa shape index (κ3) is 4.55. The number of amides is 1. The highest BCUT2D eigenvalue weighted by Crippen LogP contribution is 2.29. The second-order valence-electron chi connectivity index (χ2n) is 9.32. The van der Waals surface area contributed by atoms with E-state index in [1.165, 1.54) is 0 Å². The van der Waals surface area contributed by atoms with Gasteiger partial charge in [-0.05, 0) is 51.2 Å². The molecule has 0 saturated carbocycles. The van der Waals surface area contributed by atoms with Crippen LogP contribution >= 0.6 is 11.6 Å². The zero-order valence-electron chi connectivity index (χ0n) is 19.8. The largest absolute Gasteiger partial charge is 0.368 e. The summed E-state index contributed by atoms with van der Waals surface area (Å²) in [6, 6.07) is 16.2. The Labute approximate surface area is 205 Å². The number of piperazine rings is 1. The first-order chi connectivity index (χ1) is 16.5. The molecular formula is C26H31ClN6O. The molecule has 178 valence electrons. The first-order valence-corrected chi connectivity index (χ1v) is 12.4. The van der Waals surface area contributed by atoms with Gasteiger partial charge in [-0.15, -0.1) is 10.2 Å². The molecule has 3 heterocycles. The second-order valence-corrected chi connectivity index (χ2v) is 9.76. The van der Waals surface area contributed by atoms with Crippen molar-refractivity contribution < 1.29 is 4.79 Å². The van der Waals surface area contributed by atoms with Crippen LogP contribution in [0.1, 0.15) is 23.3 Å². The van der Waals surface area contributed by atoms with E-state index in [9.17, 15) is 4.79 Å². The van der Waals surface area contributed by atoms with Crippen LogP contribution in [0, 0.1) is 0 Å². The average Bonchev–Trinajstić information content (AvgIpc) is 2.88. The number of anilines is 2. The lowest BCUT2D eigenvalue weighted by atomic mass is 10.0. The average molecular weight is 479 g/mol. The van der Waals surface area contributed by atoms with E-state index in [0.717, 1.165) is 79.4 Å². The number of hydrogen-bond donors (Lipinski definition) is 0. The van der Waals surface area contributed by atoms with Crippen LogP contribution in [0.15, 0.2) is 48.5 Å². The number of benzene rings is 2. The number of halogens is 1. The van der Waals surface area contributed by atoms with Crippen molar-refractivity contribution in [1.82, 2.24) is 20.0 Å². The van der Waals surface area contributed by atoms with Gasteiger partial charge in [0.25, 0.3) is 5.91 Å². The Hall–Kier alpha value is -2.90. The Balaban J connectivity index is 1.36. The standard InChI is InChI=1S/C26H31ClN6O/c1-30-12-10-20(11-13-30)31(2)26(34)24-22-8-3-4-9-23(22)25(29-28-24)33-16-14-32(15-17-33)21-7-5-6-19(27)18-21/h3-9,18,20H,10-17H2,1-2H3. The van der Waals surface area contributed by atoms with E-state index in [2.05, 4.69) is 44.1 Å². The van der Waals surface area contributed by atoms with Crippen molar-refractivity contribution in [3.05, 3.63) is 59.2 Å². The molecule has 0 aliphatic carbocycles. The third-order valence-electron chi connectivity index (χ3n) is 7.18. The molecule has 3 aromatic rings. The summed E-state index contributed by atoms with van der Waals surface area (Å²) >= 11 is 6.18. The minimum Gasteiger partial charge on any atom is -0.368 e. The molecule has 8 heteroatoms. The van der Waals surface area contributed by atoms with Crippen molar-refractivity contribution in [2.75, 3.05) is 63.2 Å².